The Kier molecular flexibility index (Phi) is 8.13. The Labute approximate surface area is 172 Å². The maximum absolute atomic E-state index is 12.5. The standard InChI is InChI=1S/C20H21BrClNO4/c1-3-26-20(25)17(11-14-7-5-4-6-8-14)23-19(24)13(2)27-18-10-9-15(22)12-16(18)21/h4-10,12-13,17H,3,11H2,1-2H3,(H,23,24). The van der Waals surface area contributed by atoms with Crippen LogP contribution in [0, 0.1) is 0 Å². The Balaban J connectivity index is 2.05. The molecular formula is C20H21BrClNO4. The van der Waals surface area contributed by atoms with Crippen LogP contribution in [0.15, 0.2) is 53.0 Å². The molecule has 2 atom stereocenters. The average Bonchev–Trinajstić information content (AvgIpc) is 2.64. The van der Waals surface area contributed by atoms with Crippen LogP contribution in [0.2, 0.25) is 5.02 Å². The first-order chi connectivity index (χ1) is 12.9. The molecule has 0 saturated carbocycles. The summed E-state index contributed by atoms with van der Waals surface area (Å²) >= 11 is 9.26. The van der Waals surface area contributed by atoms with Gasteiger partial charge in [0.15, 0.2) is 6.10 Å². The summed E-state index contributed by atoms with van der Waals surface area (Å²) in [6.07, 6.45) is -0.474. The van der Waals surface area contributed by atoms with Gasteiger partial charge in [0.2, 0.25) is 0 Å². The molecule has 27 heavy (non-hydrogen) atoms. The van der Waals surface area contributed by atoms with Crippen molar-refractivity contribution in [3.05, 3.63) is 63.6 Å². The van der Waals surface area contributed by atoms with Crippen LogP contribution in [0.25, 0.3) is 0 Å². The molecule has 0 aromatic heterocycles. The molecule has 0 fully saturated rings. The molecule has 144 valence electrons. The third-order valence-corrected chi connectivity index (χ3v) is 4.59. The zero-order valence-corrected chi connectivity index (χ0v) is 17.4. The van der Waals surface area contributed by atoms with Crippen molar-refractivity contribution < 1.29 is 19.1 Å². The number of amides is 1. The van der Waals surface area contributed by atoms with Crippen molar-refractivity contribution in [2.45, 2.75) is 32.4 Å². The fourth-order valence-corrected chi connectivity index (χ4v) is 3.17. The summed E-state index contributed by atoms with van der Waals surface area (Å²) in [6, 6.07) is 13.7. The summed E-state index contributed by atoms with van der Waals surface area (Å²) in [5.74, 6) is -0.404. The summed E-state index contributed by atoms with van der Waals surface area (Å²) in [4.78, 5) is 24.8. The van der Waals surface area contributed by atoms with E-state index in [4.69, 9.17) is 21.1 Å². The third-order valence-electron chi connectivity index (χ3n) is 3.74. The molecule has 0 aliphatic carbocycles. The first-order valence-electron chi connectivity index (χ1n) is 8.53. The second-order valence-electron chi connectivity index (χ2n) is 5.84. The smallest absolute Gasteiger partial charge is 0.328 e. The van der Waals surface area contributed by atoms with Gasteiger partial charge in [0, 0.05) is 11.4 Å². The van der Waals surface area contributed by atoms with E-state index < -0.39 is 24.0 Å². The minimum Gasteiger partial charge on any atom is -0.480 e. The van der Waals surface area contributed by atoms with Crippen molar-refractivity contribution in [1.29, 1.82) is 0 Å². The zero-order valence-electron chi connectivity index (χ0n) is 15.1. The predicted octanol–water partition coefficient (Wildman–Crippen LogP) is 4.16. The number of hydrogen-bond acceptors (Lipinski definition) is 4. The van der Waals surface area contributed by atoms with Crippen molar-refractivity contribution in [2.24, 2.45) is 0 Å². The van der Waals surface area contributed by atoms with Gasteiger partial charge in [0.1, 0.15) is 11.8 Å². The highest BCUT2D eigenvalue weighted by Gasteiger charge is 2.26. The Morgan fingerprint density at radius 3 is 2.52 bits per heavy atom. The molecule has 2 unspecified atom stereocenters. The van der Waals surface area contributed by atoms with Gasteiger partial charge in [-0.1, -0.05) is 41.9 Å². The fourth-order valence-electron chi connectivity index (χ4n) is 2.39. The van der Waals surface area contributed by atoms with Gasteiger partial charge < -0.3 is 14.8 Å². The second kappa shape index (κ2) is 10.3. The molecule has 0 radical (unpaired) electrons. The molecule has 2 aromatic rings. The van der Waals surface area contributed by atoms with E-state index in [1.165, 1.54) is 0 Å². The van der Waals surface area contributed by atoms with E-state index in [9.17, 15) is 9.59 Å². The van der Waals surface area contributed by atoms with E-state index in [1.54, 1.807) is 32.0 Å². The topological polar surface area (TPSA) is 64.6 Å². The molecule has 1 amide bonds. The van der Waals surface area contributed by atoms with E-state index in [1.807, 2.05) is 30.3 Å². The van der Waals surface area contributed by atoms with Gasteiger partial charge in [0.25, 0.3) is 5.91 Å². The Morgan fingerprint density at radius 2 is 1.89 bits per heavy atom. The quantitative estimate of drug-likeness (QED) is 0.608. The lowest BCUT2D eigenvalue weighted by atomic mass is 10.1. The Bertz CT molecular complexity index is 785. The number of rotatable bonds is 8. The lowest BCUT2D eigenvalue weighted by Crippen LogP contribution is -2.48. The maximum atomic E-state index is 12.5. The number of nitrogens with one attached hydrogen (secondary N) is 1. The normalized spacial score (nSPS) is 12.7. The molecule has 2 aromatic carbocycles. The first kappa shape index (κ1) is 21.3. The van der Waals surface area contributed by atoms with Gasteiger partial charge in [-0.3, -0.25) is 4.79 Å². The van der Waals surface area contributed by atoms with E-state index >= 15 is 0 Å². The number of halogens is 2. The molecule has 0 spiro atoms. The highest BCUT2D eigenvalue weighted by Crippen LogP contribution is 2.28. The summed E-state index contributed by atoms with van der Waals surface area (Å²) in [5.41, 5.74) is 0.921. The fraction of sp³-hybridized carbons (Fsp3) is 0.300. The molecule has 0 saturated heterocycles. The molecule has 0 aliphatic rings. The Morgan fingerprint density at radius 1 is 1.19 bits per heavy atom. The van der Waals surface area contributed by atoms with Gasteiger partial charge >= 0.3 is 5.97 Å². The van der Waals surface area contributed by atoms with E-state index in [-0.39, 0.29) is 6.61 Å². The van der Waals surface area contributed by atoms with Crippen LogP contribution in [0.3, 0.4) is 0 Å². The monoisotopic (exact) mass is 453 g/mol. The molecule has 5 nitrogen and oxygen atoms in total. The predicted molar refractivity (Wildman–Crippen MR) is 108 cm³/mol. The zero-order chi connectivity index (χ0) is 19.8. The maximum Gasteiger partial charge on any atom is 0.328 e. The van der Waals surface area contributed by atoms with Crippen molar-refractivity contribution in [2.75, 3.05) is 6.61 Å². The number of benzene rings is 2. The summed E-state index contributed by atoms with van der Waals surface area (Å²) < 4.78 is 11.4. The van der Waals surface area contributed by atoms with Gasteiger partial charge in [-0.15, -0.1) is 0 Å². The number of ether oxygens (including phenoxy) is 2. The second-order valence-corrected chi connectivity index (χ2v) is 7.13. The summed E-state index contributed by atoms with van der Waals surface area (Å²) in [5, 5.41) is 3.27. The minimum absolute atomic E-state index is 0.240. The van der Waals surface area contributed by atoms with Gasteiger partial charge in [-0.2, -0.15) is 0 Å². The third kappa shape index (κ3) is 6.56. The number of esters is 1. The van der Waals surface area contributed by atoms with Crippen LogP contribution in [-0.2, 0) is 20.7 Å². The van der Waals surface area contributed by atoms with Gasteiger partial charge in [0.05, 0.1) is 11.1 Å². The van der Waals surface area contributed by atoms with Crippen LogP contribution < -0.4 is 10.1 Å². The highest BCUT2D eigenvalue weighted by molar-refractivity contribution is 9.10. The molecule has 0 aliphatic heterocycles. The van der Waals surface area contributed by atoms with Gasteiger partial charge in [-0.25, -0.2) is 4.79 Å². The number of carbonyl (C=O) groups is 2. The minimum atomic E-state index is -0.810. The number of hydrogen-bond donors (Lipinski definition) is 1. The van der Waals surface area contributed by atoms with Crippen molar-refractivity contribution >= 4 is 39.4 Å². The van der Waals surface area contributed by atoms with E-state index in [0.717, 1.165) is 5.56 Å². The average molecular weight is 455 g/mol. The number of carbonyl (C=O) groups excluding carboxylic acids is 2. The first-order valence-corrected chi connectivity index (χ1v) is 9.70. The molecular weight excluding hydrogens is 434 g/mol. The lowest BCUT2D eigenvalue weighted by Gasteiger charge is -2.21. The summed E-state index contributed by atoms with van der Waals surface area (Å²) in [6.45, 7) is 3.58. The van der Waals surface area contributed by atoms with Crippen molar-refractivity contribution in [1.82, 2.24) is 5.32 Å². The van der Waals surface area contributed by atoms with Gasteiger partial charge in [-0.05, 0) is 53.5 Å². The van der Waals surface area contributed by atoms with Crippen LogP contribution in [0.5, 0.6) is 5.75 Å². The lowest BCUT2D eigenvalue weighted by molar-refractivity contribution is -0.148. The summed E-state index contributed by atoms with van der Waals surface area (Å²) in [7, 11) is 0. The molecule has 2 rings (SSSR count). The Hall–Kier alpha value is -2.05. The van der Waals surface area contributed by atoms with E-state index in [0.29, 0.717) is 21.7 Å². The highest BCUT2D eigenvalue weighted by atomic mass is 79.9. The van der Waals surface area contributed by atoms with Crippen LogP contribution >= 0.6 is 27.5 Å². The van der Waals surface area contributed by atoms with Crippen LogP contribution in [0.1, 0.15) is 19.4 Å². The molecule has 1 N–H and O–H groups in total. The molecule has 0 bridgehead atoms. The van der Waals surface area contributed by atoms with Crippen LogP contribution in [-0.4, -0.2) is 30.6 Å². The largest absolute Gasteiger partial charge is 0.480 e. The molecule has 7 heteroatoms. The van der Waals surface area contributed by atoms with Crippen molar-refractivity contribution in [3.63, 3.8) is 0 Å². The van der Waals surface area contributed by atoms with E-state index in [2.05, 4.69) is 21.2 Å². The van der Waals surface area contributed by atoms with Crippen molar-refractivity contribution in [3.8, 4) is 5.75 Å². The molecule has 0 heterocycles. The van der Waals surface area contributed by atoms with Crippen LogP contribution in [0.4, 0.5) is 0 Å². The SMILES string of the molecule is CCOC(=O)C(Cc1ccccc1)NC(=O)C(C)Oc1ccc(Cl)cc1Br.